The molecule has 0 fully saturated rings. The first-order valence-electron chi connectivity index (χ1n) is 8.99. The maximum Gasteiger partial charge on any atom is 0.119 e. The molecule has 4 rings (SSSR count). The molecule has 3 aromatic rings. The van der Waals surface area contributed by atoms with Crippen molar-refractivity contribution < 1.29 is 9.84 Å². The highest BCUT2D eigenvalue weighted by Crippen LogP contribution is 2.28. The molecule has 0 amide bonds. The molecule has 26 heavy (non-hydrogen) atoms. The maximum atomic E-state index is 10.4. The zero-order valence-electron chi connectivity index (χ0n) is 14.6. The summed E-state index contributed by atoms with van der Waals surface area (Å²) in [5.41, 5.74) is 4.58. The fraction of sp³-hybridized carbons (Fsp3) is 0.286. The second-order valence-electron chi connectivity index (χ2n) is 6.66. The van der Waals surface area contributed by atoms with Crippen LogP contribution in [-0.2, 0) is 13.0 Å². The summed E-state index contributed by atoms with van der Waals surface area (Å²) in [4.78, 5) is 2.27. The molecule has 0 bridgehead atoms. The van der Waals surface area contributed by atoms with Crippen LogP contribution in [0.1, 0.15) is 11.3 Å². The number of β-amino-alcohol motifs (C(OH)–C–C–N with tert-alkyl or cyclic N) is 1. The summed E-state index contributed by atoms with van der Waals surface area (Å²) in [5.74, 6) is 0.786. The molecule has 0 aliphatic carbocycles. The van der Waals surface area contributed by atoms with E-state index in [2.05, 4.69) is 27.2 Å². The molecule has 2 heterocycles. The van der Waals surface area contributed by atoms with Crippen molar-refractivity contribution in [1.82, 2.24) is 15.1 Å². The van der Waals surface area contributed by atoms with Crippen molar-refractivity contribution in [3.05, 3.63) is 71.9 Å². The van der Waals surface area contributed by atoms with Crippen LogP contribution in [0.2, 0.25) is 0 Å². The van der Waals surface area contributed by atoms with E-state index in [1.54, 1.807) is 0 Å². The van der Waals surface area contributed by atoms with Gasteiger partial charge in [0.25, 0.3) is 0 Å². The van der Waals surface area contributed by atoms with E-state index in [-0.39, 0.29) is 0 Å². The lowest BCUT2D eigenvalue weighted by molar-refractivity contribution is 0.0637. The van der Waals surface area contributed by atoms with E-state index in [1.807, 2.05) is 48.5 Å². The van der Waals surface area contributed by atoms with Gasteiger partial charge in [0.1, 0.15) is 18.5 Å². The van der Waals surface area contributed by atoms with E-state index in [0.29, 0.717) is 13.2 Å². The topological polar surface area (TPSA) is 61.4 Å². The summed E-state index contributed by atoms with van der Waals surface area (Å²) in [5, 5.41) is 18.1. The number of fused-ring (bicyclic) bond motifs is 1. The second-order valence-corrected chi connectivity index (χ2v) is 6.66. The molecular weight excluding hydrogens is 326 g/mol. The lowest BCUT2D eigenvalue weighted by Gasteiger charge is -2.28. The number of benzene rings is 2. The van der Waals surface area contributed by atoms with Gasteiger partial charge in [0.05, 0.1) is 5.69 Å². The van der Waals surface area contributed by atoms with Gasteiger partial charge in [-0.1, -0.05) is 48.5 Å². The summed E-state index contributed by atoms with van der Waals surface area (Å²) in [6, 6.07) is 19.8. The second kappa shape index (κ2) is 7.72. The van der Waals surface area contributed by atoms with Crippen molar-refractivity contribution in [3.8, 4) is 17.0 Å². The van der Waals surface area contributed by atoms with Gasteiger partial charge in [0.2, 0.25) is 0 Å². The Morgan fingerprint density at radius 3 is 2.58 bits per heavy atom. The number of para-hydroxylation sites is 1. The smallest absolute Gasteiger partial charge is 0.119 e. The molecule has 5 heteroatoms. The van der Waals surface area contributed by atoms with E-state index in [9.17, 15) is 5.11 Å². The highest BCUT2D eigenvalue weighted by atomic mass is 16.5. The number of hydrogen-bond acceptors (Lipinski definition) is 4. The van der Waals surface area contributed by atoms with Gasteiger partial charge in [-0.25, -0.2) is 0 Å². The van der Waals surface area contributed by atoms with E-state index in [0.717, 1.165) is 36.5 Å². The van der Waals surface area contributed by atoms with Gasteiger partial charge in [-0.05, 0) is 12.1 Å². The molecule has 2 aromatic carbocycles. The SMILES string of the molecule is OC(COc1ccccc1)CN1CCc2[nH]nc(-c3ccccc3)c2C1. The molecule has 0 radical (unpaired) electrons. The Bertz CT molecular complexity index is 833. The first kappa shape index (κ1) is 16.8. The fourth-order valence-electron chi connectivity index (χ4n) is 3.40. The first-order chi connectivity index (χ1) is 12.8. The molecule has 0 saturated heterocycles. The van der Waals surface area contributed by atoms with Gasteiger partial charge in [-0.15, -0.1) is 0 Å². The monoisotopic (exact) mass is 349 g/mol. The number of aromatic nitrogens is 2. The Balaban J connectivity index is 1.38. The minimum atomic E-state index is -0.524. The molecule has 0 saturated carbocycles. The fourth-order valence-corrected chi connectivity index (χ4v) is 3.40. The Kier molecular flexibility index (Phi) is 5.00. The Hall–Kier alpha value is -2.63. The maximum absolute atomic E-state index is 10.4. The number of nitrogens with one attached hydrogen (secondary N) is 1. The lowest BCUT2D eigenvalue weighted by Crippen LogP contribution is -2.38. The van der Waals surface area contributed by atoms with Crippen LogP contribution in [-0.4, -0.2) is 46.0 Å². The third-order valence-electron chi connectivity index (χ3n) is 4.71. The number of nitrogens with zero attached hydrogens (tertiary/aromatic N) is 2. The lowest BCUT2D eigenvalue weighted by atomic mass is 10.0. The van der Waals surface area contributed by atoms with Crippen molar-refractivity contribution >= 4 is 0 Å². The van der Waals surface area contributed by atoms with E-state index < -0.39 is 6.10 Å². The van der Waals surface area contributed by atoms with Gasteiger partial charge in [-0.3, -0.25) is 10.00 Å². The molecule has 1 aromatic heterocycles. The van der Waals surface area contributed by atoms with Gasteiger partial charge >= 0.3 is 0 Å². The molecular formula is C21H23N3O2. The number of H-pyrrole nitrogens is 1. The Labute approximate surface area is 153 Å². The summed E-state index contributed by atoms with van der Waals surface area (Å²) in [6.07, 6.45) is 0.394. The summed E-state index contributed by atoms with van der Waals surface area (Å²) >= 11 is 0. The standard InChI is InChI=1S/C21H23N3O2/c25-17(15-26-18-9-5-2-6-10-18)13-24-12-11-20-19(14-24)21(23-22-20)16-7-3-1-4-8-16/h1-10,17,25H,11-15H2,(H,22,23). The zero-order chi connectivity index (χ0) is 17.8. The van der Waals surface area contributed by atoms with Crippen LogP contribution in [0.25, 0.3) is 11.3 Å². The average Bonchev–Trinajstić information content (AvgIpc) is 3.11. The quantitative estimate of drug-likeness (QED) is 0.718. The van der Waals surface area contributed by atoms with Gasteiger partial charge < -0.3 is 9.84 Å². The van der Waals surface area contributed by atoms with Gasteiger partial charge in [0, 0.05) is 42.9 Å². The third kappa shape index (κ3) is 3.79. The highest BCUT2D eigenvalue weighted by Gasteiger charge is 2.24. The van der Waals surface area contributed by atoms with E-state index >= 15 is 0 Å². The van der Waals surface area contributed by atoms with Crippen LogP contribution in [0, 0.1) is 0 Å². The normalized spacial score (nSPS) is 15.4. The molecule has 1 aliphatic heterocycles. The molecule has 1 atom stereocenters. The molecule has 2 N–H and O–H groups in total. The summed E-state index contributed by atoms with van der Waals surface area (Å²) in [6.45, 7) is 2.58. The van der Waals surface area contributed by atoms with Crippen LogP contribution in [0.4, 0.5) is 0 Å². The minimum absolute atomic E-state index is 0.296. The van der Waals surface area contributed by atoms with Crippen LogP contribution >= 0.6 is 0 Å². The number of hydrogen-bond donors (Lipinski definition) is 2. The highest BCUT2D eigenvalue weighted by molar-refractivity contribution is 5.64. The molecule has 1 unspecified atom stereocenters. The van der Waals surface area contributed by atoms with E-state index in [1.165, 1.54) is 11.3 Å². The van der Waals surface area contributed by atoms with Crippen LogP contribution in [0.3, 0.4) is 0 Å². The average molecular weight is 349 g/mol. The number of ether oxygens (including phenoxy) is 1. The van der Waals surface area contributed by atoms with Gasteiger partial charge in [0.15, 0.2) is 0 Å². The predicted molar refractivity (Wildman–Crippen MR) is 101 cm³/mol. The molecule has 134 valence electrons. The predicted octanol–water partition coefficient (Wildman–Crippen LogP) is 2.87. The number of rotatable bonds is 6. The van der Waals surface area contributed by atoms with Crippen molar-refractivity contribution in [3.63, 3.8) is 0 Å². The van der Waals surface area contributed by atoms with Crippen LogP contribution < -0.4 is 4.74 Å². The first-order valence-corrected chi connectivity index (χ1v) is 8.99. The summed E-state index contributed by atoms with van der Waals surface area (Å²) < 4.78 is 5.66. The van der Waals surface area contributed by atoms with Crippen molar-refractivity contribution in [2.75, 3.05) is 19.7 Å². The zero-order valence-corrected chi connectivity index (χ0v) is 14.6. The van der Waals surface area contributed by atoms with Crippen molar-refractivity contribution in [2.24, 2.45) is 0 Å². The number of aliphatic hydroxyl groups excluding tert-OH is 1. The van der Waals surface area contributed by atoms with Crippen LogP contribution in [0.5, 0.6) is 5.75 Å². The van der Waals surface area contributed by atoms with Crippen LogP contribution in [0.15, 0.2) is 60.7 Å². The van der Waals surface area contributed by atoms with Crippen molar-refractivity contribution in [2.45, 2.75) is 19.1 Å². The largest absolute Gasteiger partial charge is 0.491 e. The third-order valence-corrected chi connectivity index (χ3v) is 4.71. The molecule has 0 spiro atoms. The molecule has 1 aliphatic rings. The Morgan fingerprint density at radius 2 is 1.81 bits per heavy atom. The molecule has 5 nitrogen and oxygen atoms in total. The summed E-state index contributed by atoms with van der Waals surface area (Å²) in [7, 11) is 0. The minimum Gasteiger partial charge on any atom is -0.491 e. The number of aliphatic hydroxyl groups is 1. The number of aromatic amines is 1. The van der Waals surface area contributed by atoms with Gasteiger partial charge in [-0.2, -0.15) is 5.10 Å². The Morgan fingerprint density at radius 1 is 1.08 bits per heavy atom. The van der Waals surface area contributed by atoms with Crippen molar-refractivity contribution in [1.29, 1.82) is 0 Å². The van der Waals surface area contributed by atoms with E-state index in [4.69, 9.17) is 4.74 Å².